The van der Waals surface area contributed by atoms with Crippen LogP contribution in [0.15, 0.2) is 35.5 Å². The fourth-order valence-electron chi connectivity index (χ4n) is 2.04. The predicted octanol–water partition coefficient (Wildman–Crippen LogP) is 2.56. The Morgan fingerprint density at radius 1 is 1.30 bits per heavy atom. The third-order valence-corrected chi connectivity index (χ3v) is 4.75. The zero-order valence-corrected chi connectivity index (χ0v) is 12.8. The van der Waals surface area contributed by atoms with Gasteiger partial charge < -0.3 is 4.74 Å². The van der Waals surface area contributed by atoms with Crippen LogP contribution in [0.3, 0.4) is 0 Å². The van der Waals surface area contributed by atoms with Crippen LogP contribution >= 0.6 is 0 Å². The average molecular weight is 294 g/mol. The van der Waals surface area contributed by atoms with Crippen LogP contribution in [0.25, 0.3) is 0 Å². The molecule has 0 aliphatic rings. The number of imidazole rings is 1. The molecule has 0 aliphatic heterocycles. The number of aryl methyl sites for hydroxylation is 1. The number of hydrogen-bond acceptors (Lipinski definition) is 4. The fourth-order valence-corrected chi connectivity index (χ4v) is 3.55. The van der Waals surface area contributed by atoms with Crippen molar-refractivity contribution in [1.82, 2.24) is 8.96 Å². The first-order valence-electron chi connectivity index (χ1n) is 6.31. The van der Waals surface area contributed by atoms with Crippen LogP contribution in [0.5, 0.6) is 5.75 Å². The summed E-state index contributed by atoms with van der Waals surface area (Å²) in [7, 11) is -2.06. The fraction of sp³-hybridized carbons (Fsp3) is 0.357. The Morgan fingerprint density at radius 2 is 2.00 bits per heavy atom. The van der Waals surface area contributed by atoms with Crippen LogP contribution in [0, 0.1) is 6.92 Å². The van der Waals surface area contributed by atoms with Gasteiger partial charge in [-0.3, -0.25) is 0 Å². The van der Waals surface area contributed by atoms with Crippen LogP contribution in [-0.4, -0.2) is 24.5 Å². The highest BCUT2D eigenvalue weighted by molar-refractivity contribution is 7.90. The topological polar surface area (TPSA) is 61.2 Å². The third-order valence-electron chi connectivity index (χ3n) is 3.07. The second-order valence-electron chi connectivity index (χ2n) is 4.87. The minimum absolute atomic E-state index is 0.0270. The van der Waals surface area contributed by atoms with E-state index in [-0.39, 0.29) is 10.8 Å². The van der Waals surface area contributed by atoms with Gasteiger partial charge in [-0.1, -0.05) is 13.8 Å². The highest BCUT2D eigenvalue weighted by Gasteiger charge is 2.22. The minimum Gasteiger partial charge on any atom is -0.496 e. The molecule has 0 unspecified atom stereocenters. The summed E-state index contributed by atoms with van der Waals surface area (Å²) in [6.45, 7) is 5.64. The molecule has 0 atom stereocenters. The van der Waals surface area contributed by atoms with Crippen LogP contribution < -0.4 is 4.74 Å². The van der Waals surface area contributed by atoms with Crippen molar-refractivity contribution in [2.45, 2.75) is 31.6 Å². The molecule has 0 bridgehead atoms. The van der Waals surface area contributed by atoms with E-state index >= 15 is 0 Å². The summed E-state index contributed by atoms with van der Waals surface area (Å²) >= 11 is 0. The molecule has 0 fully saturated rings. The lowest BCUT2D eigenvalue weighted by Crippen LogP contribution is -2.16. The first-order valence-corrected chi connectivity index (χ1v) is 7.75. The van der Waals surface area contributed by atoms with Crippen LogP contribution in [0.1, 0.15) is 31.2 Å². The lowest BCUT2D eigenvalue weighted by atomic mass is 10.2. The Hall–Kier alpha value is -1.82. The smallest absolute Gasteiger partial charge is 0.269 e. The lowest BCUT2D eigenvalue weighted by Gasteiger charge is -2.12. The van der Waals surface area contributed by atoms with E-state index in [0.717, 1.165) is 5.56 Å². The number of hydrogen-bond donors (Lipinski definition) is 0. The van der Waals surface area contributed by atoms with E-state index in [1.165, 1.54) is 16.4 Å². The first-order chi connectivity index (χ1) is 9.37. The van der Waals surface area contributed by atoms with Gasteiger partial charge in [0, 0.05) is 18.3 Å². The second-order valence-corrected chi connectivity index (χ2v) is 6.69. The molecule has 108 valence electrons. The molecular formula is C14H18N2O3S. The summed E-state index contributed by atoms with van der Waals surface area (Å²) in [5, 5.41) is 0. The maximum absolute atomic E-state index is 12.7. The van der Waals surface area contributed by atoms with Crippen LogP contribution in [-0.2, 0) is 10.0 Å². The number of rotatable bonds is 4. The molecule has 0 spiro atoms. The van der Waals surface area contributed by atoms with Crippen LogP contribution in [0.2, 0.25) is 0 Å². The van der Waals surface area contributed by atoms with Gasteiger partial charge in [0.2, 0.25) is 0 Å². The summed E-state index contributed by atoms with van der Waals surface area (Å²) < 4.78 is 31.7. The summed E-state index contributed by atoms with van der Waals surface area (Å²) in [5.74, 6) is 1.22. The molecule has 5 nitrogen and oxygen atoms in total. The van der Waals surface area contributed by atoms with Gasteiger partial charge in [-0.05, 0) is 30.7 Å². The molecule has 20 heavy (non-hydrogen) atoms. The maximum atomic E-state index is 12.7. The minimum atomic E-state index is -3.62. The van der Waals surface area contributed by atoms with Crippen molar-refractivity contribution in [1.29, 1.82) is 0 Å². The van der Waals surface area contributed by atoms with Gasteiger partial charge in [-0.2, -0.15) is 0 Å². The van der Waals surface area contributed by atoms with Gasteiger partial charge in [0.15, 0.2) is 0 Å². The SMILES string of the molecule is COc1ccc(S(=O)(=O)n2ccnc2C(C)C)cc1C. The third kappa shape index (κ3) is 2.43. The van der Waals surface area contributed by atoms with Crippen molar-refractivity contribution < 1.29 is 13.2 Å². The Bertz CT molecular complexity index is 718. The number of methoxy groups -OCH3 is 1. The van der Waals surface area contributed by atoms with E-state index in [2.05, 4.69) is 4.98 Å². The molecule has 1 heterocycles. The molecule has 0 radical (unpaired) electrons. The Balaban J connectivity index is 2.55. The van der Waals surface area contributed by atoms with Crippen molar-refractivity contribution >= 4 is 10.0 Å². The Kier molecular flexibility index (Phi) is 3.85. The van der Waals surface area contributed by atoms with Crippen molar-refractivity contribution in [2.75, 3.05) is 7.11 Å². The lowest BCUT2D eigenvalue weighted by molar-refractivity contribution is 0.411. The largest absolute Gasteiger partial charge is 0.496 e. The van der Waals surface area contributed by atoms with Gasteiger partial charge in [0.05, 0.1) is 12.0 Å². The quantitative estimate of drug-likeness (QED) is 0.869. The number of ether oxygens (including phenoxy) is 1. The zero-order valence-electron chi connectivity index (χ0n) is 12.0. The molecule has 0 amide bonds. The molecule has 0 aliphatic carbocycles. The van der Waals surface area contributed by atoms with E-state index in [0.29, 0.717) is 11.6 Å². The predicted molar refractivity (Wildman–Crippen MR) is 76.6 cm³/mol. The standard InChI is InChI=1S/C14H18N2O3S/c1-10(2)14-15-7-8-16(14)20(17,18)12-5-6-13(19-4)11(3)9-12/h5-10H,1-4H3. The first kappa shape index (κ1) is 14.6. The van der Waals surface area contributed by atoms with E-state index in [1.807, 2.05) is 20.8 Å². The average Bonchev–Trinajstić information content (AvgIpc) is 2.88. The van der Waals surface area contributed by atoms with Gasteiger partial charge >= 0.3 is 0 Å². The molecular weight excluding hydrogens is 276 g/mol. The normalized spacial score (nSPS) is 11.8. The van der Waals surface area contributed by atoms with E-state index in [9.17, 15) is 8.42 Å². The molecule has 1 aromatic heterocycles. The van der Waals surface area contributed by atoms with Gasteiger partial charge in [-0.15, -0.1) is 0 Å². The zero-order chi connectivity index (χ0) is 14.9. The van der Waals surface area contributed by atoms with E-state index in [4.69, 9.17) is 4.74 Å². The van der Waals surface area contributed by atoms with Crippen LogP contribution in [0.4, 0.5) is 0 Å². The second kappa shape index (κ2) is 5.28. The molecule has 0 saturated heterocycles. The maximum Gasteiger partial charge on any atom is 0.269 e. The highest BCUT2D eigenvalue weighted by Crippen LogP contribution is 2.24. The summed E-state index contributed by atoms with van der Waals surface area (Å²) in [5.41, 5.74) is 0.778. The molecule has 1 aromatic carbocycles. The van der Waals surface area contributed by atoms with E-state index < -0.39 is 10.0 Å². The Labute approximate surface area is 119 Å². The number of benzene rings is 1. The molecule has 2 aromatic rings. The summed E-state index contributed by atoms with van der Waals surface area (Å²) in [4.78, 5) is 4.35. The Morgan fingerprint density at radius 3 is 2.55 bits per heavy atom. The van der Waals surface area contributed by atoms with Gasteiger partial charge in [-0.25, -0.2) is 17.4 Å². The molecule has 2 rings (SSSR count). The number of aromatic nitrogens is 2. The van der Waals surface area contributed by atoms with Crippen molar-refractivity contribution in [2.24, 2.45) is 0 Å². The molecule has 6 heteroatoms. The van der Waals surface area contributed by atoms with E-state index in [1.54, 1.807) is 25.3 Å². The number of nitrogens with zero attached hydrogens (tertiary/aromatic N) is 2. The summed E-state index contributed by atoms with van der Waals surface area (Å²) in [6, 6.07) is 4.82. The summed E-state index contributed by atoms with van der Waals surface area (Å²) in [6.07, 6.45) is 2.98. The van der Waals surface area contributed by atoms with Crippen molar-refractivity contribution in [3.05, 3.63) is 42.0 Å². The monoisotopic (exact) mass is 294 g/mol. The molecule has 0 N–H and O–H groups in total. The van der Waals surface area contributed by atoms with Gasteiger partial charge in [0.1, 0.15) is 11.6 Å². The van der Waals surface area contributed by atoms with Gasteiger partial charge in [0.25, 0.3) is 10.0 Å². The highest BCUT2D eigenvalue weighted by atomic mass is 32.2. The molecule has 0 saturated carbocycles. The van der Waals surface area contributed by atoms with Crippen molar-refractivity contribution in [3.8, 4) is 5.75 Å². The van der Waals surface area contributed by atoms with Crippen molar-refractivity contribution in [3.63, 3.8) is 0 Å².